The highest BCUT2D eigenvalue weighted by Crippen LogP contribution is 2.29. The quantitative estimate of drug-likeness (QED) is 0.824. The Hall–Kier alpha value is -1.22. The van der Waals surface area contributed by atoms with Gasteiger partial charge in [-0.15, -0.1) is 0 Å². The smallest absolute Gasteiger partial charge is 0.146 e. The Labute approximate surface area is 108 Å². The number of hydrogen-bond acceptors (Lipinski definition) is 2. The lowest BCUT2D eigenvalue weighted by Gasteiger charge is -2.22. The zero-order valence-corrected chi connectivity index (χ0v) is 11.0. The molecule has 0 spiro atoms. The van der Waals surface area contributed by atoms with Crippen molar-refractivity contribution in [3.63, 3.8) is 0 Å². The van der Waals surface area contributed by atoms with Crippen molar-refractivity contribution >= 4 is 0 Å². The number of aromatic nitrogens is 1. The second-order valence-electron chi connectivity index (χ2n) is 4.85. The molecule has 0 bridgehead atoms. The van der Waals surface area contributed by atoms with E-state index in [1.165, 1.54) is 37.5 Å². The summed E-state index contributed by atoms with van der Waals surface area (Å²) in [5, 5.41) is 3.24. The van der Waals surface area contributed by atoms with Crippen LogP contribution in [0.3, 0.4) is 0 Å². The van der Waals surface area contributed by atoms with Crippen LogP contribution in [0.4, 0.5) is 4.39 Å². The van der Waals surface area contributed by atoms with Crippen molar-refractivity contribution in [1.29, 1.82) is 0 Å². The molecule has 1 atom stereocenters. The van der Waals surface area contributed by atoms with Gasteiger partial charge in [0, 0.05) is 11.8 Å². The molecule has 1 aromatic heterocycles. The van der Waals surface area contributed by atoms with E-state index in [9.17, 15) is 4.39 Å². The summed E-state index contributed by atoms with van der Waals surface area (Å²) in [7, 11) is 1.89. The molecule has 1 N–H and O–H groups in total. The van der Waals surface area contributed by atoms with Crippen molar-refractivity contribution in [2.75, 3.05) is 7.05 Å². The van der Waals surface area contributed by atoms with Crippen LogP contribution in [-0.2, 0) is 0 Å². The first-order valence-electron chi connectivity index (χ1n) is 6.78. The van der Waals surface area contributed by atoms with Crippen molar-refractivity contribution in [1.82, 2.24) is 10.3 Å². The van der Waals surface area contributed by atoms with Gasteiger partial charge in [-0.3, -0.25) is 4.98 Å². The predicted octanol–water partition coefficient (Wildman–Crippen LogP) is 3.76. The van der Waals surface area contributed by atoms with Gasteiger partial charge in [-0.1, -0.05) is 24.5 Å². The van der Waals surface area contributed by atoms with E-state index in [2.05, 4.69) is 16.4 Å². The number of allylic oxidation sites excluding steroid dienone is 1. The van der Waals surface area contributed by atoms with E-state index in [4.69, 9.17) is 0 Å². The van der Waals surface area contributed by atoms with Gasteiger partial charge in [0.15, 0.2) is 0 Å². The maximum Gasteiger partial charge on any atom is 0.146 e. The van der Waals surface area contributed by atoms with E-state index in [1.54, 1.807) is 12.3 Å². The Morgan fingerprint density at radius 2 is 2.11 bits per heavy atom. The van der Waals surface area contributed by atoms with Gasteiger partial charge < -0.3 is 5.32 Å². The van der Waals surface area contributed by atoms with Crippen LogP contribution < -0.4 is 5.32 Å². The highest BCUT2D eigenvalue weighted by molar-refractivity contribution is 5.27. The van der Waals surface area contributed by atoms with Gasteiger partial charge in [0.2, 0.25) is 0 Å². The molecule has 2 nitrogen and oxygen atoms in total. The first-order chi connectivity index (χ1) is 8.83. The molecule has 18 heavy (non-hydrogen) atoms. The molecule has 98 valence electrons. The molecular weight excluding hydrogens is 227 g/mol. The molecule has 1 heterocycles. The number of halogens is 1. The van der Waals surface area contributed by atoms with E-state index >= 15 is 0 Å². The molecule has 1 aliphatic carbocycles. The lowest BCUT2D eigenvalue weighted by Crippen LogP contribution is -2.20. The highest BCUT2D eigenvalue weighted by atomic mass is 19.1. The van der Waals surface area contributed by atoms with Crippen molar-refractivity contribution in [2.24, 2.45) is 0 Å². The first-order valence-corrected chi connectivity index (χ1v) is 6.78. The fourth-order valence-electron chi connectivity index (χ4n) is 2.64. The molecule has 0 fully saturated rings. The second kappa shape index (κ2) is 6.64. The Kier molecular flexibility index (Phi) is 4.88. The molecule has 1 aromatic rings. The minimum Gasteiger partial charge on any atom is -0.310 e. The van der Waals surface area contributed by atoms with Crippen LogP contribution in [0.25, 0.3) is 0 Å². The number of likely N-dealkylation sites (N-methyl/N-ethyl adjacent to an activating group) is 1. The van der Waals surface area contributed by atoms with Crippen molar-refractivity contribution < 1.29 is 4.39 Å². The summed E-state index contributed by atoms with van der Waals surface area (Å²) < 4.78 is 13.8. The summed E-state index contributed by atoms with van der Waals surface area (Å²) in [6, 6.07) is 1.77. The Morgan fingerprint density at radius 1 is 1.28 bits per heavy atom. The normalized spacial score (nSPS) is 21.6. The lowest BCUT2D eigenvalue weighted by atomic mass is 9.91. The topological polar surface area (TPSA) is 24.9 Å². The third-order valence-electron chi connectivity index (χ3n) is 3.60. The number of hydrogen-bond donors (Lipinski definition) is 1. The van der Waals surface area contributed by atoms with Gasteiger partial charge in [0.05, 0.1) is 12.2 Å². The maximum atomic E-state index is 13.8. The van der Waals surface area contributed by atoms with Crippen LogP contribution in [-0.4, -0.2) is 12.0 Å². The summed E-state index contributed by atoms with van der Waals surface area (Å²) in [6.45, 7) is 0. The van der Waals surface area contributed by atoms with E-state index in [0.29, 0.717) is 5.56 Å². The standard InChI is InChI=1S/C15H21FN2/c1-17-15(13-9-10-18-11-14(13)16)12-7-5-3-2-4-6-8-12/h7,9-11,15,17H,2-6,8H2,1H3/b12-7+. The van der Waals surface area contributed by atoms with Crippen LogP contribution >= 0.6 is 0 Å². The third-order valence-corrected chi connectivity index (χ3v) is 3.60. The van der Waals surface area contributed by atoms with Gasteiger partial charge in [-0.25, -0.2) is 4.39 Å². The van der Waals surface area contributed by atoms with Crippen LogP contribution in [0, 0.1) is 5.82 Å². The van der Waals surface area contributed by atoms with Crippen molar-refractivity contribution in [3.8, 4) is 0 Å². The maximum absolute atomic E-state index is 13.8. The van der Waals surface area contributed by atoms with E-state index < -0.39 is 0 Å². The second-order valence-corrected chi connectivity index (χ2v) is 4.85. The van der Waals surface area contributed by atoms with Crippen LogP contribution in [0.15, 0.2) is 30.1 Å². The minimum absolute atomic E-state index is 0.00824. The molecule has 1 unspecified atom stereocenters. The molecule has 0 radical (unpaired) electrons. The van der Waals surface area contributed by atoms with Crippen molar-refractivity contribution in [2.45, 2.75) is 44.6 Å². The summed E-state index contributed by atoms with van der Waals surface area (Å²) in [4.78, 5) is 3.82. The van der Waals surface area contributed by atoms with E-state index in [1.807, 2.05) is 7.05 Å². The van der Waals surface area contributed by atoms with Gasteiger partial charge in [-0.05, 0) is 38.8 Å². The average Bonchev–Trinajstić information content (AvgIpc) is 2.34. The largest absolute Gasteiger partial charge is 0.310 e. The van der Waals surface area contributed by atoms with E-state index in [0.717, 1.165) is 12.8 Å². The minimum atomic E-state index is -0.222. The van der Waals surface area contributed by atoms with Gasteiger partial charge in [-0.2, -0.15) is 0 Å². The van der Waals surface area contributed by atoms with Gasteiger partial charge in [0.25, 0.3) is 0 Å². The molecule has 0 saturated heterocycles. The molecule has 0 aliphatic heterocycles. The first kappa shape index (κ1) is 13.2. The predicted molar refractivity (Wildman–Crippen MR) is 71.8 cm³/mol. The zero-order valence-electron chi connectivity index (χ0n) is 11.0. The SMILES string of the molecule is CNC(/C1=C/CCCCCC1)c1ccncc1F. The third kappa shape index (κ3) is 3.16. The summed E-state index contributed by atoms with van der Waals surface area (Å²) >= 11 is 0. The van der Waals surface area contributed by atoms with Crippen LogP contribution in [0.2, 0.25) is 0 Å². The van der Waals surface area contributed by atoms with Gasteiger partial charge >= 0.3 is 0 Å². The molecule has 0 amide bonds. The van der Waals surface area contributed by atoms with Gasteiger partial charge in [0.1, 0.15) is 5.82 Å². The van der Waals surface area contributed by atoms with Crippen molar-refractivity contribution in [3.05, 3.63) is 41.5 Å². The molecule has 3 heteroatoms. The number of nitrogens with one attached hydrogen (secondary N) is 1. The molecule has 0 saturated carbocycles. The van der Waals surface area contributed by atoms with E-state index in [-0.39, 0.29) is 11.9 Å². The fraction of sp³-hybridized carbons (Fsp3) is 0.533. The summed E-state index contributed by atoms with van der Waals surface area (Å²) in [5.41, 5.74) is 2.03. The highest BCUT2D eigenvalue weighted by Gasteiger charge is 2.18. The fourth-order valence-corrected chi connectivity index (χ4v) is 2.64. The Bertz CT molecular complexity index is 415. The van der Waals surface area contributed by atoms with Crippen LogP contribution in [0.1, 0.15) is 50.1 Å². The molecule has 2 rings (SSSR count). The number of pyridine rings is 1. The number of rotatable bonds is 3. The summed E-state index contributed by atoms with van der Waals surface area (Å²) in [6.07, 6.45) is 12.5. The number of nitrogens with zero attached hydrogens (tertiary/aromatic N) is 1. The Balaban J connectivity index is 2.24. The zero-order chi connectivity index (χ0) is 12.8. The Morgan fingerprint density at radius 3 is 2.89 bits per heavy atom. The summed E-state index contributed by atoms with van der Waals surface area (Å²) in [5.74, 6) is -0.222. The average molecular weight is 248 g/mol. The monoisotopic (exact) mass is 248 g/mol. The molecule has 1 aliphatic rings. The molecule has 0 aromatic carbocycles. The van der Waals surface area contributed by atoms with Crippen LogP contribution in [0.5, 0.6) is 0 Å². The molecular formula is C15H21FN2. The lowest BCUT2D eigenvalue weighted by molar-refractivity contribution is 0.539.